The highest BCUT2D eigenvalue weighted by Gasteiger charge is 2.43. The van der Waals surface area contributed by atoms with Gasteiger partial charge in [0.05, 0.1) is 18.8 Å². The molecule has 2 rings (SSSR count). The van der Waals surface area contributed by atoms with E-state index in [1.54, 1.807) is 0 Å². The zero-order chi connectivity index (χ0) is 11.4. The molecule has 1 unspecified atom stereocenters. The Hall–Kier alpha value is -1.33. The monoisotopic (exact) mass is 215 g/mol. The van der Waals surface area contributed by atoms with Crippen LogP contribution < -0.4 is 0 Å². The summed E-state index contributed by atoms with van der Waals surface area (Å²) in [6.07, 6.45) is 3.04. The van der Waals surface area contributed by atoms with Gasteiger partial charge in [-0.3, -0.25) is 0 Å². The smallest absolute Gasteiger partial charge is 0.0797 e. The van der Waals surface area contributed by atoms with E-state index < -0.39 is 0 Å². The summed E-state index contributed by atoms with van der Waals surface area (Å²) in [5.74, 6) is 0. The average Bonchev–Trinajstić information content (AvgIpc) is 3.08. The molecule has 0 N–H and O–H groups in total. The first-order chi connectivity index (χ1) is 7.76. The van der Waals surface area contributed by atoms with Gasteiger partial charge in [-0.25, -0.2) is 0 Å². The second kappa shape index (κ2) is 4.67. The van der Waals surface area contributed by atoms with Crippen molar-refractivity contribution in [3.63, 3.8) is 0 Å². The molecule has 0 spiro atoms. The molecular formula is C14H17NO. The van der Waals surface area contributed by atoms with Crippen molar-refractivity contribution in [1.82, 2.24) is 0 Å². The topological polar surface area (TPSA) is 33.0 Å². The summed E-state index contributed by atoms with van der Waals surface area (Å²) in [6, 6.07) is 12.5. The Labute approximate surface area is 96.9 Å². The third-order valence-electron chi connectivity index (χ3n) is 3.32. The van der Waals surface area contributed by atoms with E-state index in [9.17, 15) is 0 Å². The Morgan fingerprint density at radius 2 is 2.06 bits per heavy atom. The van der Waals surface area contributed by atoms with Crippen molar-refractivity contribution in [2.24, 2.45) is 5.41 Å². The SMILES string of the molecule is CC(OCC1(CC#N)CC1)c1ccccc1. The highest BCUT2D eigenvalue weighted by atomic mass is 16.5. The number of rotatable bonds is 5. The van der Waals surface area contributed by atoms with Crippen LogP contribution in [0.2, 0.25) is 0 Å². The first kappa shape index (κ1) is 11.2. The molecule has 84 valence electrons. The maximum atomic E-state index is 8.72. The zero-order valence-electron chi connectivity index (χ0n) is 9.65. The van der Waals surface area contributed by atoms with Gasteiger partial charge in [0.15, 0.2) is 0 Å². The molecule has 16 heavy (non-hydrogen) atoms. The normalized spacial score (nSPS) is 18.8. The molecule has 1 atom stereocenters. The Bertz CT molecular complexity index is 375. The largest absolute Gasteiger partial charge is 0.373 e. The van der Waals surface area contributed by atoms with E-state index in [-0.39, 0.29) is 11.5 Å². The van der Waals surface area contributed by atoms with Crippen LogP contribution in [0.3, 0.4) is 0 Å². The van der Waals surface area contributed by atoms with Crippen molar-refractivity contribution in [1.29, 1.82) is 5.26 Å². The third kappa shape index (κ3) is 2.62. The highest BCUT2D eigenvalue weighted by Crippen LogP contribution is 2.49. The van der Waals surface area contributed by atoms with Gasteiger partial charge in [0, 0.05) is 11.8 Å². The molecule has 0 amide bonds. The fourth-order valence-corrected chi connectivity index (χ4v) is 1.84. The Kier molecular flexibility index (Phi) is 3.26. The molecule has 1 aromatic carbocycles. The van der Waals surface area contributed by atoms with Crippen molar-refractivity contribution in [3.8, 4) is 6.07 Å². The van der Waals surface area contributed by atoms with Gasteiger partial charge in [-0.15, -0.1) is 0 Å². The summed E-state index contributed by atoms with van der Waals surface area (Å²) in [4.78, 5) is 0. The fraction of sp³-hybridized carbons (Fsp3) is 0.500. The molecule has 1 aromatic rings. The molecule has 0 heterocycles. The summed E-state index contributed by atoms with van der Waals surface area (Å²) in [5.41, 5.74) is 1.38. The summed E-state index contributed by atoms with van der Waals surface area (Å²) < 4.78 is 5.86. The van der Waals surface area contributed by atoms with Crippen LogP contribution in [-0.4, -0.2) is 6.61 Å². The van der Waals surface area contributed by atoms with Crippen molar-refractivity contribution in [3.05, 3.63) is 35.9 Å². The minimum Gasteiger partial charge on any atom is -0.373 e. The van der Waals surface area contributed by atoms with Crippen LogP contribution in [0.25, 0.3) is 0 Å². The predicted octanol–water partition coefficient (Wildman–Crippen LogP) is 3.46. The minimum absolute atomic E-state index is 0.123. The molecular weight excluding hydrogens is 198 g/mol. The van der Waals surface area contributed by atoms with Crippen LogP contribution in [0.15, 0.2) is 30.3 Å². The molecule has 1 aliphatic carbocycles. The summed E-state index contributed by atoms with van der Waals surface area (Å²) in [7, 11) is 0. The van der Waals surface area contributed by atoms with Gasteiger partial charge in [0.1, 0.15) is 0 Å². The van der Waals surface area contributed by atoms with E-state index in [1.807, 2.05) is 18.2 Å². The molecule has 2 nitrogen and oxygen atoms in total. The molecule has 2 heteroatoms. The maximum absolute atomic E-state index is 8.72. The molecule has 0 aliphatic heterocycles. The number of benzene rings is 1. The summed E-state index contributed by atoms with van der Waals surface area (Å²) >= 11 is 0. The van der Waals surface area contributed by atoms with Gasteiger partial charge in [-0.1, -0.05) is 30.3 Å². The van der Waals surface area contributed by atoms with Gasteiger partial charge in [0.2, 0.25) is 0 Å². The molecule has 1 fully saturated rings. The molecule has 0 radical (unpaired) electrons. The number of ether oxygens (including phenoxy) is 1. The van der Waals surface area contributed by atoms with Gasteiger partial charge < -0.3 is 4.74 Å². The average molecular weight is 215 g/mol. The Morgan fingerprint density at radius 3 is 2.62 bits per heavy atom. The van der Waals surface area contributed by atoms with Gasteiger partial charge >= 0.3 is 0 Å². The maximum Gasteiger partial charge on any atom is 0.0797 e. The van der Waals surface area contributed by atoms with Gasteiger partial charge in [-0.05, 0) is 25.3 Å². The first-order valence-electron chi connectivity index (χ1n) is 5.79. The lowest BCUT2D eigenvalue weighted by atomic mass is 10.1. The van der Waals surface area contributed by atoms with E-state index in [4.69, 9.17) is 10.00 Å². The number of hydrogen-bond donors (Lipinski definition) is 0. The lowest BCUT2D eigenvalue weighted by molar-refractivity contribution is 0.0330. The van der Waals surface area contributed by atoms with Crippen molar-refractivity contribution in [2.45, 2.75) is 32.3 Å². The van der Waals surface area contributed by atoms with E-state index >= 15 is 0 Å². The summed E-state index contributed by atoms with van der Waals surface area (Å²) in [5, 5.41) is 8.72. The number of nitrogens with zero attached hydrogens (tertiary/aromatic N) is 1. The fourth-order valence-electron chi connectivity index (χ4n) is 1.84. The molecule has 1 aliphatic rings. The molecule has 0 bridgehead atoms. The van der Waals surface area contributed by atoms with E-state index in [1.165, 1.54) is 5.56 Å². The van der Waals surface area contributed by atoms with E-state index in [0.717, 1.165) is 19.4 Å². The van der Waals surface area contributed by atoms with Crippen LogP contribution in [0, 0.1) is 16.7 Å². The number of nitriles is 1. The van der Waals surface area contributed by atoms with Crippen molar-refractivity contribution in [2.75, 3.05) is 6.61 Å². The Morgan fingerprint density at radius 1 is 1.38 bits per heavy atom. The van der Waals surface area contributed by atoms with Crippen molar-refractivity contribution >= 4 is 0 Å². The van der Waals surface area contributed by atoms with Crippen LogP contribution in [0.4, 0.5) is 0 Å². The summed E-state index contributed by atoms with van der Waals surface area (Å²) in [6.45, 7) is 2.79. The first-order valence-corrected chi connectivity index (χ1v) is 5.79. The van der Waals surface area contributed by atoms with E-state index in [2.05, 4.69) is 25.1 Å². The highest BCUT2D eigenvalue weighted by molar-refractivity contribution is 5.16. The Balaban J connectivity index is 1.85. The minimum atomic E-state index is 0.123. The van der Waals surface area contributed by atoms with Crippen molar-refractivity contribution < 1.29 is 4.74 Å². The lowest BCUT2D eigenvalue weighted by Crippen LogP contribution is -2.12. The second-order valence-corrected chi connectivity index (χ2v) is 4.70. The van der Waals surface area contributed by atoms with Crippen LogP contribution in [0.5, 0.6) is 0 Å². The lowest BCUT2D eigenvalue weighted by Gasteiger charge is -2.17. The van der Waals surface area contributed by atoms with Gasteiger partial charge in [0.25, 0.3) is 0 Å². The zero-order valence-corrected chi connectivity index (χ0v) is 9.65. The second-order valence-electron chi connectivity index (χ2n) is 4.70. The van der Waals surface area contributed by atoms with Crippen LogP contribution in [0.1, 0.15) is 37.9 Å². The predicted molar refractivity (Wildman–Crippen MR) is 62.7 cm³/mol. The quantitative estimate of drug-likeness (QED) is 0.753. The third-order valence-corrected chi connectivity index (χ3v) is 3.32. The van der Waals surface area contributed by atoms with E-state index in [0.29, 0.717) is 6.42 Å². The van der Waals surface area contributed by atoms with Crippen LogP contribution >= 0.6 is 0 Å². The standard InChI is InChI=1S/C14H17NO/c1-12(13-5-3-2-4-6-13)16-11-14(7-8-14)9-10-15/h2-6,12H,7-9,11H2,1H3. The van der Waals surface area contributed by atoms with Gasteiger partial charge in [-0.2, -0.15) is 5.26 Å². The molecule has 0 aromatic heterocycles. The molecule has 0 saturated heterocycles. The molecule has 1 saturated carbocycles. The number of hydrogen-bond acceptors (Lipinski definition) is 2. The van der Waals surface area contributed by atoms with Crippen LogP contribution in [-0.2, 0) is 4.74 Å².